The summed E-state index contributed by atoms with van der Waals surface area (Å²) in [5.74, 6) is -1.63. The van der Waals surface area contributed by atoms with Gasteiger partial charge in [-0.1, -0.05) is 60.7 Å². The van der Waals surface area contributed by atoms with Crippen molar-refractivity contribution < 1.29 is 24.2 Å². The first-order valence-corrected chi connectivity index (χ1v) is 10.2. The molecule has 2 N–H and O–H groups in total. The van der Waals surface area contributed by atoms with E-state index >= 15 is 0 Å². The average Bonchev–Trinajstić information content (AvgIpc) is 2.79. The Hall–Kier alpha value is -3.61. The van der Waals surface area contributed by atoms with E-state index in [1.54, 1.807) is 6.08 Å². The molecule has 2 atom stereocenters. The first kappa shape index (κ1) is 22.1. The number of amides is 2. The van der Waals surface area contributed by atoms with Crippen molar-refractivity contribution in [3.63, 3.8) is 0 Å². The molecule has 0 saturated heterocycles. The third-order valence-corrected chi connectivity index (χ3v) is 5.26. The van der Waals surface area contributed by atoms with E-state index in [1.165, 1.54) is 4.90 Å². The topological polar surface area (TPSA) is 95.9 Å². The molecular weight excluding hydrogens is 396 g/mol. The van der Waals surface area contributed by atoms with Gasteiger partial charge in [0.05, 0.1) is 6.54 Å². The summed E-state index contributed by atoms with van der Waals surface area (Å²) >= 11 is 0. The van der Waals surface area contributed by atoms with Crippen LogP contribution in [0.4, 0.5) is 4.79 Å². The number of carbonyl (C=O) groups is 3. The SMILES string of the molecule is C=CCC[C@@H](NC(=O)[C@@H]1Cc2ccccc2CN1C(=O)OCc1ccccc1)C(=O)O. The molecule has 162 valence electrons. The van der Waals surface area contributed by atoms with Gasteiger partial charge in [-0.2, -0.15) is 0 Å². The summed E-state index contributed by atoms with van der Waals surface area (Å²) in [6.45, 7) is 3.89. The Morgan fingerprint density at radius 3 is 2.48 bits per heavy atom. The van der Waals surface area contributed by atoms with Gasteiger partial charge in [0, 0.05) is 6.42 Å². The Morgan fingerprint density at radius 1 is 1.13 bits per heavy atom. The van der Waals surface area contributed by atoms with Crippen LogP contribution in [-0.4, -0.2) is 40.1 Å². The predicted octanol–water partition coefficient (Wildman–Crippen LogP) is 3.29. The Labute approximate surface area is 181 Å². The number of carboxylic acid groups (broad SMARTS) is 1. The first-order chi connectivity index (χ1) is 15.0. The molecule has 3 rings (SSSR count). The summed E-state index contributed by atoms with van der Waals surface area (Å²) in [4.78, 5) is 38.8. The molecular formula is C24H26N2O5. The molecule has 0 bridgehead atoms. The van der Waals surface area contributed by atoms with E-state index in [2.05, 4.69) is 11.9 Å². The van der Waals surface area contributed by atoms with Crippen LogP contribution in [0.3, 0.4) is 0 Å². The molecule has 2 amide bonds. The standard InChI is InChI=1S/C24H26N2O5/c1-2-3-13-20(23(28)29)25-22(27)21-14-18-11-7-8-12-19(18)15-26(21)24(30)31-16-17-9-5-4-6-10-17/h2,4-12,20-21H,1,3,13-16H2,(H,25,27)(H,28,29)/t20-,21+/m1/s1. The number of aliphatic carboxylic acids is 1. The van der Waals surface area contributed by atoms with Crippen LogP contribution in [0.25, 0.3) is 0 Å². The number of fused-ring (bicyclic) bond motifs is 1. The van der Waals surface area contributed by atoms with Crippen LogP contribution in [0.5, 0.6) is 0 Å². The lowest BCUT2D eigenvalue weighted by Crippen LogP contribution is -2.55. The molecule has 7 heteroatoms. The van der Waals surface area contributed by atoms with Crippen LogP contribution < -0.4 is 5.32 Å². The van der Waals surface area contributed by atoms with Gasteiger partial charge < -0.3 is 15.2 Å². The molecule has 2 aromatic rings. The molecule has 2 aromatic carbocycles. The maximum Gasteiger partial charge on any atom is 0.411 e. The van der Waals surface area contributed by atoms with E-state index in [1.807, 2.05) is 54.6 Å². The van der Waals surface area contributed by atoms with E-state index < -0.39 is 30.1 Å². The normalized spacial score (nSPS) is 16.0. The van der Waals surface area contributed by atoms with Crippen LogP contribution in [0, 0.1) is 0 Å². The Balaban J connectivity index is 1.77. The van der Waals surface area contributed by atoms with Crippen molar-refractivity contribution in [3.05, 3.63) is 83.9 Å². The highest BCUT2D eigenvalue weighted by Gasteiger charge is 2.37. The van der Waals surface area contributed by atoms with Crippen LogP contribution in [0.15, 0.2) is 67.3 Å². The van der Waals surface area contributed by atoms with E-state index in [9.17, 15) is 19.5 Å². The number of rotatable bonds is 8. The van der Waals surface area contributed by atoms with Crippen LogP contribution in [-0.2, 0) is 33.9 Å². The van der Waals surface area contributed by atoms with Gasteiger partial charge in [0.2, 0.25) is 5.91 Å². The molecule has 0 radical (unpaired) electrons. The largest absolute Gasteiger partial charge is 0.480 e. The van der Waals surface area contributed by atoms with Crippen molar-refractivity contribution in [2.24, 2.45) is 0 Å². The molecule has 31 heavy (non-hydrogen) atoms. The minimum absolute atomic E-state index is 0.0866. The number of ether oxygens (including phenoxy) is 1. The summed E-state index contributed by atoms with van der Waals surface area (Å²) in [6.07, 6.45) is 1.96. The van der Waals surface area contributed by atoms with Gasteiger partial charge in [-0.3, -0.25) is 9.69 Å². The zero-order chi connectivity index (χ0) is 22.2. The highest BCUT2D eigenvalue weighted by atomic mass is 16.6. The number of allylic oxidation sites excluding steroid dienone is 1. The summed E-state index contributed by atoms with van der Waals surface area (Å²) in [6, 6.07) is 14.9. The molecule has 1 aliphatic heterocycles. The lowest BCUT2D eigenvalue weighted by molar-refractivity contribution is -0.142. The van der Waals surface area contributed by atoms with Gasteiger partial charge in [-0.25, -0.2) is 9.59 Å². The maximum atomic E-state index is 13.0. The van der Waals surface area contributed by atoms with Crippen molar-refractivity contribution in [2.45, 2.75) is 44.5 Å². The van der Waals surface area contributed by atoms with Gasteiger partial charge in [0.25, 0.3) is 0 Å². The number of carboxylic acids is 1. The molecule has 0 spiro atoms. The summed E-state index contributed by atoms with van der Waals surface area (Å²) in [5, 5.41) is 12.0. The van der Waals surface area contributed by atoms with Gasteiger partial charge in [0.1, 0.15) is 18.7 Å². The number of nitrogens with one attached hydrogen (secondary N) is 1. The van der Waals surface area contributed by atoms with Crippen LogP contribution in [0.1, 0.15) is 29.5 Å². The fourth-order valence-corrected chi connectivity index (χ4v) is 3.56. The van der Waals surface area contributed by atoms with E-state index in [0.717, 1.165) is 16.7 Å². The molecule has 0 aromatic heterocycles. The van der Waals surface area contributed by atoms with Crippen molar-refractivity contribution in [2.75, 3.05) is 0 Å². The van der Waals surface area contributed by atoms with Crippen LogP contribution >= 0.6 is 0 Å². The second-order valence-corrected chi connectivity index (χ2v) is 7.42. The predicted molar refractivity (Wildman–Crippen MR) is 115 cm³/mol. The molecule has 0 aliphatic carbocycles. The fraction of sp³-hybridized carbons (Fsp3) is 0.292. The zero-order valence-electron chi connectivity index (χ0n) is 17.2. The van der Waals surface area contributed by atoms with E-state index in [-0.39, 0.29) is 26.0 Å². The molecule has 0 unspecified atom stereocenters. The van der Waals surface area contributed by atoms with Gasteiger partial charge in [-0.15, -0.1) is 6.58 Å². The van der Waals surface area contributed by atoms with E-state index in [4.69, 9.17) is 4.74 Å². The highest BCUT2D eigenvalue weighted by Crippen LogP contribution is 2.24. The monoisotopic (exact) mass is 422 g/mol. The lowest BCUT2D eigenvalue weighted by atomic mass is 9.93. The summed E-state index contributed by atoms with van der Waals surface area (Å²) in [7, 11) is 0. The molecule has 0 saturated carbocycles. The number of benzene rings is 2. The minimum atomic E-state index is -1.12. The van der Waals surface area contributed by atoms with Crippen molar-refractivity contribution in [3.8, 4) is 0 Å². The maximum absolute atomic E-state index is 13.0. The van der Waals surface area contributed by atoms with Gasteiger partial charge >= 0.3 is 12.1 Å². The van der Waals surface area contributed by atoms with Crippen molar-refractivity contribution in [1.29, 1.82) is 0 Å². The fourth-order valence-electron chi connectivity index (χ4n) is 3.56. The lowest BCUT2D eigenvalue weighted by Gasteiger charge is -2.35. The molecule has 0 fully saturated rings. The smallest absolute Gasteiger partial charge is 0.411 e. The van der Waals surface area contributed by atoms with Gasteiger partial charge in [0.15, 0.2) is 0 Å². The highest BCUT2D eigenvalue weighted by molar-refractivity contribution is 5.90. The van der Waals surface area contributed by atoms with Crippen molar-refractivity contribution in [1.82, 2.24) is 10.2 Å². The van der Waals surface area contributed by atoms with Crippen molar-refractivity contribution >= 4 is 18.0 Å². The Morgan fingerprint density at radius 2 is 1.81 bits per heavy atom. The van der Waals surface area contributed by atoms with Crippen LogP contribution in [0.2, 0.25) is 0 Å². The average molecular weight is 422 g/mol. The first-order valence-electron chi connectivity index (χ1n) is 10.2. The minimum Gasteiger partial charge on any atom is -0.480 e. The number of nitrogens with zero attached hydrogens (tertiary/aromatic N) is 1. The Bertz CT molecular complexity index is 944. The number of carbonyl (C=O) groups excluding carboxylic acids is 2. The molecule has 1 heterocycles. The quantitative estimate of drug-likeness (QED) is 0.637. The van der Waals surface area contributed by atoms with E-state index in [0.29, 0.717) is 6.42 Å². The zero-order valence-corrected chi connectivity index (χ0v) is 17.2. The second-order valence-electron chi connectivity index (χ2n) is 7.42. The summed E-state index contributed by atoms with van der Waals surface area (Å²) in [5.41, 5.74) is 2.72. The Kier molecular flexibility index (Phi) is 7.43. The second kappa shape index (κ2) is 10.4. The summed E-state index contributed by atoms with van der Waals surface area (Å²) < 4.78 is 5.46. The molecule has 7 nitrogen and oxygen atoms in total. The number of hydrogen-bond acceptors (Lipinski definition) is 4. The third-order valence-electron chi connectivity index (χ3n) is 5.26. The van der Waals surface area contributed by atoms with Gasteiger partial charge in [-0.05, 0) is 29.5 Å². The molecule has 1 aliphatic rings. The third kappa shape index (κ3) is 5.72. The number of hydrogen-bond donors (Lipinski definition) is 2.